The van der Waals surface area contributed by atoms with E-state index in [1.54, 1.807) is 22.6 Å². The molecule has 1 aliphatic heterocycles. The second kappa shape index (κ2) is 4.93. The number of thiazole rings is 1. The Hall–Kier alpha value is -3.13. The third-order valence-electron chi connectivity index (χ3n) is 3.73. The standard InChI is InChI=1S/C16H10N4O3S/c21-15-14(19-18-9-5-6-12-13(7-9)23-8-22-12)24-16-17-10-3-1-2-4-11(10)20(15)16/h1-7,21H,8H2. The number of imidazole rings is 1. The Kier molecular flexibility index (Phi) is 2.74. The first-order valence-corrected chi connectivity index (χ1v) is 8.01. The zero-order chi connectivity index (χ0) is 16.1. The Balaban J connectivity index is 1.56. The fraction of sp³-hybridized carbons (Fsp3) is 0.0625. The molecule has 0 bridgehead atoms. The minimum Gasteiger partial charge on any atom is -0.492 e. The highest BCUT2D eigenvalue weighted by Gasteiger charge is 2.16. The van der Waals surface area contributed by atoms with Crippen molar-refractivity contribution in [3.63, 3.8) is 0 Å². The summed E-state index contributed by atoms with van der Waals surface area (Å²) in [5.74, 6) is 1.37. The maximum atomic E-state index is 10.4. The van der Waals surface area contributed by atoms with Crippen LogP contribution in [-0.2, 0) is 0 Å². The van der Waals surface area contributed by atoms with Crippen LogP contribution in [0.25, 0.3) is 16.0 Å². The van der Waals surface area contributed by atoms with Gasteiger partial charge in [-0.2, -0.15) is 0 Å². The zero-order valence-electron chi connectivity index (χ0n) is 12.2. The SMILES string of the molecule is Oc1c(N=Nc2ccc3c(c2)OCO3)sc2nc3ccccc3n12. The van der Waals surface area contributed by atoms with Crippen LogP contribution in [0.5, 0.6) is 17.4 Å². The molecule has 0 fully saturated rings. The minimum absolute atomic E-state index is 0.0354. The molecule has 4 aromatic rings. The van der Waals surface area contributed by atoms with Crippen LogP contribution in [0.1, 0.15) is 0 Å². The molecule has 0 atom stereocenters. The third-order valence-corrected chi connectivity index (χ3v) is 4.65. The minimum atomic E-state index is 0.0354. The third kappa shape index (κ3) is 1.93. The van der Waals surface area contributed by atoms with E-state index in [0.717, 1.165) is 11.0 Å². The van der Waals surface area contributed by atoms with Crippen molar-refractivity contribution >= 4 is 38.0 Å². The van der Waals surface area contributed by atoms with Crippen LogP contribution in [0.3, 0.4) is 0 Å². The first kappa shape index (κ1) is 13.3. The summed E-state index contributed by atoms with van der Waals surface area (Å²) in [6.07, 6.45) is 0. The van der Waals surface area contributed by atoms with E-state index in [9.17, 15) is 5.11 Å². The summed E-state index contributed by atoms with van der Waals surface area (Å²) in [7, 11) is 0. The van der Waals surface area contributed by atoms with Crippen LogP contribution in [0.4, 0.5) is 10.7 Å². The Bertz CT molecular complexity index is 1120. The topological polar surface area (TPSA) is 80.7 Å². The number of nitrogens with zero attached hydrogens (tertiary/aromatic N) is 4. The van der Waals surface area contributed by atoms with E-state index in [0.29, 0.717) is 27.1 Å². The van der Waals surface area contributed by atoms with Crippen LogP contribution in [0, 0.1) is 0 Å². The molecule has 3 heterocycles. The molecule has 0 spiro atoms. The molecule has 1 N–H and O–H groups in total. The predicted molar refractivity (Wildman–Crippen MR) is 89.0 cm³/mol. The number of rotatable bonds is 2. The lowest BCUT2D eigenvalue weighted by Crippen LogP contribution is -1.92. The molecule has 7 nitrogen and oxygen atoms in total. The molecule has 5 rings (SSSR count). The maximum Gasteiger partial charge on any atom is 0.237 e. The summed E-state index contributed by atoms with van der Waals surface area (Å²) in [5, 5.41) is 19.2. The summed E-state index contributed by atoms with van der Waals surface area (Å²) >= 11 is 1.28. The molecule has 2 aromatic heterocycles. The van der Waals surface area contributed by atoms with E-state index >= 15 is 0 Å². The van der Waals surface area contributed by atoms with Gasteiger partial charge in [0.1, 0.15) is 0 Å². The van der Waals surface area contributed by atoms with Crippen LogP contribution in [0.2, 0.25) is 0 Å². The first-order chi connectivity index (χ1) is 11.8. The highest BCUT2D eigenvalue weighted by atomic mass is 32.1. The molecule has 0 aliphatic carbocycles. The van der Waals surface area contributed by atoms with Crippen LogP contribution >= 0.6 is 11.3 Å². The molecule has 1 aliphatic rings. The summed E-state index contributed by atoms with van der Waals surface area (Å²) in [4.78, 5) is 5.16. The van der Waals surface area contributed by atoms with Gasteiger partial charge in [0.15, 0.2) is 16.5 Å². The Labute approximate surface area is 139 Å². The van der Waals surface area contributed by atoms with Gasteiger partial charge in [0, 0.05) is 6.07 Å². The largest absolute Gasteiger partial charge is 0.492 e. The van der Waals surface area contributed by atoms with E-state index in [2.05, 4.69) is 15.2 Å². The molecule has 8 heteroatoms. The van der Waals surface area contributed by atoms with Crippen molar-refractivity contribution < 1.29 is 14.6 Å². The molecular formula is C16H10N4O3S. The van der Waals surface area contributed by atoms with E-state index in [1.807, 2.05) is 24.3 Å². The molecule has 0 radical (unpaired) electrons. The molecule has 2 aromatic carbocycles. The van der Waals surface area contributed by atoms with Gasteiger partial charge in [-0.1, -0.05) is 23.5 Å². The average molecular weight is 338 g/mol. The van der Waals surface area contributed by atoms with E-state index in [4.69, 9.17) is 9.47 Å². The van der Waals surface area contributed by atoms with Crippen LogP contribution < -0.4 is 9.47 Å². The second-order valence-electron chi connectivity index (χ2n) is 5.19. The molecule has 0 saturated carbocycles. The lowest BCUT2D eigenvalue weighted by molar-refractivity contribution is 0.174. The predicted octanol–water partition coefficient (Wildman–Crippen LogP) is 4.40. The van der Waals surface area contributed by atoms with Gasteiger partial charge in [0.2, 0.25) is 17.7 Å². The quantitative estimate of drug-likeness (QED) is 0.549. The molecule has 118 valence electrons. The van der Waals surface area contributed by atoms with Gasteiger partial charge in [-0.3, -0.25) is 4.40 Å². The lowest BCUT2D eigenvalue weighted by atomic mass is 10.3. The van der Waals surface area contributed by atoms with E-state index in [-0.39, 0.29) is 12.7 Å². The summed E-state index contributed by atoms with van der Waals surface area (Å²) < 4.78 is 12.3. The number of fused-ring (bicyclic) bond motifs is 4. The van der Waals surface area contributed by atoms with Gasteiger partial charge in [-0.15, -0.1) is 10.2 Å². The summed E-state index contributed by atoms with van der Waals surface area (Å²) in [6.45, 7) is 0.214. The van der Waals surface area contributed by atoms with E-state index < -0.39 is 0 Å². The van der Waals surface area contributed by atoms with Gasteiger partial charge in [0.05, 0.1) is 16.7 Å². The molecule has 0 unspecified atom stereocenters. The van der Waals surface area contributed by atoms with Crippen molar-refractivity contribution in [3.05, 3.63) is 42.5 Å². The van der Waals surface area contributed by atoms with E-state index in [1.165, 1.54) is 11.3 Å². The van der Waals surface area contributed by atoms with Crippen LogP contribution in [-0.4, -0.2) is 21.3 Å². The normalized spacial score (nSPS) is 13.5. The number of aromatic nitrogens is 2. The van der Waals surface area contributed by atoms with Gasteiger partial charge in [-0.25, -0.2) is 4.98 Å². The van der Waals surface area contributed by atoms with Crippen molar-refractivity contribution in [1.29, 1.82) is 0 Å². The van der Waals surface area contributed by atoms with Crippen molar-refractivity contribution in [1.82, 2.24) is 9.38 Å². The number of hydrogen-bond donors (Lipinski definition) is 1. The number of hydrogen-bond acceptors (Lipinski definition) is 7. The fourth-order valence-electron chi connectivity index (χ4n) is 2.62. The van der Waals surface area contributed by atoms with Crippen molar-refractivity contribution in [3.8, 4) is 17.4 Å². The maximum absolute atomic E-state index is 10.4. The smallest absolute Gasteiger partial charge is 0.237 e. The van der Waals surface area contributed by atoms with Gasteiger partial charge in [0.25, 0.3) is 0 Å². The number of para-hydroxylation sites is 2. The Morgan fingerprint density at radius 3 is 2.92 bits per heavy atom. The Morgan fingerprint density at radius 1 is 1.08 bits per heavy atom. The van der Waals surface area contributed by atoms with Crippen molar-refractivity contribution in [2.75, 3.05) is 6.79 Å². The number of aromatic hydroxyl groups is 1. The van der Waals surface area contributed by atoms with Crippen LogP contribution in [0.15, 0.2) is 52.7 Å². The Morgan fingerprint density at radius 2 is 1.96 bits per heavy atom. The number of benzene rings is 2. The monoisotopic (exact) mass is 338 g/mol. The fourth-order valence-corrected chi connectivity index (χ4v) is 3.48. The van der Waals surface area contributed by atoms with Crippen molar-refractivity contribution in [2.45, 2.75) is 0 Å². The molecule has 24 heavy (non-hydrogen) atoms. The summed E-state index contributed by atoms with van der Waals surface area (Å²) in [5.41, 5.74) is 2.29. The molecular weight excluding hydrogens is 328 g/mol. The number of azo groups is 1. The highest BCUT2D eigenvalue weighted by Crippen LogP contribution is 2.40. The number of ether oxygens (including phenoxy) is 2. The second-order valence-corrected chi connectivity index (χ2v) is 6.14. The first-order valence-electron chi connectivity index (χ1n) is 7.20. The average Bonchev–Trinajstić information content (AvgIpc) is 3.27. The molecule has 0 amide bonds. The molecule has 0 saturated heterocycles. The lowest BCUT2D eigenvalue weighted by Gasteiger charge is -1.96. The van der Waals surface area contributed by atoms with Gasteiger partial charge < -0.3 is 14.6 Å². The van der Waals surface area contributed by atoms with Crippen molar-refractivity contribution in [2.24, 2.45) is 10.2 Å². The zero-order valence-corrected chi connectivity index (χ0v) is 13.0. The summed E-state index contributed by atoms with van der Waals surface area (Å²) in [6, 6.07) is 12.9. The highest BCUT2D eigenvalue weighted by molar-refractivity contribution is 7.21. The van der Waals surface area contributed by atoms with Gasteiger partial charge in [-0.05, 0) is 24.3 Å². The van der Waals surface area contributed by atoms with Gasteiger partial charge >= 0.3 is 0 Å².